The van der Waals surface area contributed by atoms with Crippen LogP contribution in [0.1, 0.15) is 5.69 Å². The monoisotopic (exact) mass is 185 g/mol. The summed E-state index contributed by atoms with van der Waals surface area (Å²) in [5.41, 5.74) is 6.00. The van der Waals surface area contributed by atoms with Crippen molar-refractivity contribution in [2.24, 2.45) is 5.73 Å². The number of hydrogen-bond donors (Lipinski definition) is 3. The summed E-state index contributed by atoms with van der Waals surface area (Å²) in [5.74, 6) is -1.00. The second-order valence-corrected chi connectivity index (χ2v) is 2.23. The van der Waals surface area contributed by atoms with Crippen LogP contribution in [0.2, 0.25) is 0 Å². The Bertz CT molecular complexity index is 247. The first-order valence-electron chi connectivity index (χ1n) is 3.44. The zero-order chi connectivity index (χ0) is 10.3. The van der Waals surface area contributed by atoms with Crippen LogP contribution >= 0.6 is 0 Å². The van der Waals surface area contributed by atoms with Crippen molar-refractivity contribution < 1.29 is 14.7 Å². The van der Waals surface area contributed by atoms with E-state index in [1.54, 1.807) is 6.20 Å². The summed E-state index contributed by atoms with van der Waals surface area (Å²) >= 11 is 0. The van der Waals surface area contributed by atoms with E-state index in [-0.39, 0.29) is 6.42 Å². The molecule has 0 aliphatic rings. The fraction of sp³-hybridized carbons (Fsp3) is 0.286. The van der Waals surface area contributed by atoms with Gasteiger partial charge in [-0.3, -0.25) is 4.79 Å². The fourth-order valence-electron chi connectivity index (χ4n) is 0.721. The van der Waals surface area contributed by atoms with Crippen LogP contribution < -0.4 is 5.73 Å². The average Bonchev–Trinajstić information content (AvgIpc) is 2.60. The van der Waals surface area contributed by atoms with Crippen LogP contribution in [0.25, 0.3) is 0 Å². The first kappa shape index (κ1) is 11.3. The molecule has 0 spiro atoms. The van der Waals surface area contributed by atoms with Crippen LogP contribution in [-0.2, 0) is 16.0 Å². The van der Waals surface area contributed by atoms with Crippen molar-refractivity contribution in [1.82, 2.24) is 9.97 Å². The maximum Gasteiger partial charge on any atom is 0.320 e. The lowest BCUT2D eigenvalue weighted by molar-refractivity contribution is -0.138. The van der Waals surface area contributed by atoms with E-state index in [1.807, 2.05) is 6.79 Å². The largest absolute Gasteiger partial charge is 0.480 e. The Kier molecular flexibility index (Phi) is 5.13. The number of imidazole rings is 1. The number of H-pyrrole nitrogens is 1. The van der Waals surface area contributed by atoms with E-state index >= 15 is 0 Å². The van der Waals surface area contributed by atoms with E-state index < -0.39 is 12.0 Å². The highest BCUT2D eigenvalue weighted by atomic mass is 16.4. The third-order valence-electron chi connectivity index (χ3n) is 1.31. The lowest BCUT2D eigenvalue weighted by Gasteiger charge is -2.02. The number of rotatable bonds is 3. The summed E-state index contributed by atoms with van der Waals surface area (Å²) in [6, 6.07) is -0.851. The normalized spacial score (nSPS) is 11.2. The SMILES string of the molecule is C=O.NC(Cc1cnc[nH]1)C(=O)O. The van der Waals surface area contributed by atoms with Crippen molar-refractivity contribution in [2.75, 3.05) is 0 Å². The molecule has 0 fully saturated rings. The van der Waals surface area contributed by atoms with Crippen molar-refractivity contribution in [2.45, 2.75) is 12.5 Å². The van der Waals surface area contributed by atoms with Gasteiger partial charge in [0, 0.05) is 18.3 Å². The Labute approximate surface area is 74.8 Å². The lowest BCUT2D eigenvalue weighted by Crippen LogP contribution is -2.32. The van der Waals surface area contributed by atoms with Gasteiger partial charge in [-0.2, -0.15) is 0 Å². The van der Waals surface area contributed by atoms with Gasteiger partial charge in [-0.1, -0.05) is 0 Å². The second-order valence-electron chi connectivity index (χ2n) is 2.23. The number of aromatic nitrogens is 2. The molecule has 0 radical (unpaired) electrons. The van der Waals surface area contributed by atoms with Gasteiger partial charge in [-0.15, -0.1) is 0 Å². The zero-order valence-electron chi connectivity index (χ0n) is 6.93. The molecular weight excluding hydrogens is 174 g/mol. The first-order valence-corrected chi connectivity index (χ1v) is 3.44. The van der Waals surface area contributed by atoms with Gasteiger partial charge < -0.3 is 20.6 Å². The molecule has 0 saturated heterocycles. The molecule has 0 amide bonds. The van der Waals surface area contributed by atoms with Gasteiger partial charge >= 0.3 is 5.97 Å². The van der Waals surface area contributed by atoms with Gasteiger partial charge in [0.1, 0.15) is 12.8 Å². The topological polar surface area (TPSA) is 109 Å². The minimum atomic E-state index is -1.00. The minimum absolute atomic E-state index is 0.287. The number of carboxylic acids is 1. The van der Waals surface area contributed by atoms with Gasteiger partial charge in [-0.25, -0.2) is 4.98 Å². The van der Waals surface area contributed by atoms with Crippen LogP contribution in [0.3, 0.4) is 0 Å². The Balaban J connectivity index is 0.000000671. The summed E-state index contributed by atoms with van der Waals surface area (Å²) in [7, 11) is 0. The Morgan fingerprint density at radius 2 is 2.38 bits per heavy atom. The first-order chi connectivity index (χ1) is 6.20. The lowest BCUT2D eigenvalue weighted by atomic mass is 10.2. The molecule has 1 unspecified atom stereocenters. The molecular formula is C7H11N3O3. The summed E-state index contributed by atoms with van der Waals surface area (Å²) in [6.07, 6.45) is 3.34. The number of carboxylic acid groups (broad SMARTS) is 1. The number of carbonyl (C=O) groups excluding carboxylic acids is 1. The van der Waals surface area contributed by atoms with Crippen LogP contribution in [0.4, 0.5) is 0 Å². The van der Waals surface area contributed by atoms with Gasteiger partial charge in [-0.05, 0) is 0 Å². The molecule has 4 N–H and O–H groups in total. The van der Waals surface area contributed by atoms with Gasteiger partial charge in [0.15, 0.2) is 0 Å². The number of aromatic amines is 1. The van der Waals surface area contributed by atoms with Crippen molar-refractivity contribution in [3.63, 3.8) is 0 Å². The third kappa shape index (κ3) is 4.02. The van der Waals surface area contributed by atoms with Gasteiger partial charge in [0.2, 0.25) is 0 Å². The number of carbonyl (C=O) groups is 2. The van der Waals surface area contributed by atoms with E-state index in [1.165, 1.54) is 6.33 Å². The molecule has 0 aromatic carbocycles. The number of hydrogen-bond acceptors (Lipinski definition) is 4. The number of nitrogens with one attached hydrogen (secondary N) is 1. The summed E-state index contributed by atoms with van der Waals surface area (Å²) < 4.78 is 0. The van der Waals surface area contributed by atoms with E-state index in [0.29, 0.717) is 0 Å². The minimum Gasteiger partial charge on any atom is -0.480 e. The van der Waals surface area contributed by atoms with Crippen molar-refractivity contribution in [3.05, 3.63) is 18.2 Å². The molecule has 0 aliphatic carbocycles. The van der Waals surface area contributed by atoms with Crippen molar-refractivity contribution >= 4 is 12.8 Å². The molecule has 6 heteroatoms. The fourth-order valence-corrected chi connectivity index (χ4v) is 0.721. The molecule has 13 heavy (non-hydrogen) atoms. The summed E-state index contributed by atoms with van der Waals surface area (Å²) in [6.45, 7) is 2.00. The van der Waals surface area contributed by atoms with E-state index in [0.717, 1.165) is 5.69 Å². The maximum absolute atomic E-state index is 10.3. The standard InChI is InChI=1S/C6H9N3O2.CH2O/c7-5(6(10)11)1-4-2-8-3-9-4;1-2/h2-3,5H,1,7H2,(H,8,9)(H,10,11);1H2. The molecule has 0 saturated carbocycles. The second kappa shape index (κ2) is 5.90. The quantitative estimate of drug-likeness (QED) is 0.570. The van der Waals surface area contributed by atoms with Crippen molar-refractivity contribution in [3.8, 4) is 0 Å². The van der Waals surface area contributed by atoms with Gasteiger partial charge in [0.25, 0.3) is 0 Å². The summed E-state index contributed by atoms with van der Waals surface area (Å²) in [4.78, 5) is 24.8. The van der Waals surface area contributed by atoms with E-state index in [9.17, 15) is 4.79 Å². The average molecular weight is 185 g/mol. The Morgan fingerprint density at radius 1 is 1.77 bits per heavy atom. The van der Waals surface area contributed by atoms with Crippen LogP contribution in [0.5, 0.6) is 0 Å². The van der Waals surface area contributed by atoms with E-state index in [4.69, 9.17) is 15.6 Å². The molecule has 6 nitrogen and oxygen atoms in total. The molecule has 1 aromatic heterocycles. The molecule has 1 heterocycles. The smallest absolute Gasteiger partial charge is 0.320 e. The Hall–Kier alpha value is -1.69. The number of aliphatic carboxylic acids is 1. The van der Waals surface area contributed by atoms with Crippen LogP contribution in [0.15, 0.2) is 12.5 Å². The molecule has 0 aliphatic heterocycles. The number of nitrogens with two attached hydrogens (primary N) is 1. The molecule has 72 valence electrons. The Morgan fingerprint density at radius 3 is 2.77 bits per heavy atom. The predicted octanol–water partition coefficient (Wildman–Crippen LogP) is -0.821. The highest BCUT2D eigenvalue weighted by Crippen LogP contribution is 1.95. The molecule has 1 atom stereocenters. The molecule has 1 aromatic rings. The molecule has 0 bridgehead atoms. The predicted molar refractivity (Wildman–Crippen MR) is 45.0 cm³/mol. The van der Waals surface area contributed by atoms with Gasteiger partial charge in [0.05, 0.1) is 6.33 Å². The van der Waals surface area contributed by atoms with Crippen LogP contribution in [0, 0.1) is 0 Å². The number of nitrogens with zero attached hydrogens (tertiary/aromatic N) is 1. The van der Waals surface area contributed by atoms with E-state index in [2.05, 4.69) is 9.97 Å². The van der Waals surface area contributed by atoms with Crippen LogP contribution in [-0.4, -0.2) is 33.9 Å². The highest BCUT2D eigenvalue weighted by Gasteiger charge is 2.11. The third-order valence-corrected chi connectivity index (χ3v) is 1.31. The highest BCUT2D eigenvalue weighted by molar-refractivity contribution is 5.73. The zero-order valence-corrected chi connectivity index (χ0v) is 6.93. The maximum atomic E-state index is 10.3. The van der Waals surface area contributed by atoms with Crippen molar-refractivity contribution in [1.29, 1.82) is 0 Å². The molecule has 1 rings (SSSR count). The summed E-state index contributed by atoms with van der Waals surface area (Å²) in [5, 5.41) is 8.42.